The second-order valence-corrected chi connectivity index (χ2v) is 4.15. The molecule has 1 amide bonds. The Hall–Kier alpha value is -1.17. The van der Waals surface area contributed by atoms with E-state index in [9.17, 15) is 4.79 Å². The molecule has 0 unspecified atom stereocenters. The molecule has 4 heteroatoms. The summed E-state index contributed by atoms with van der Waals surface area (Å²) >= 11 is 11.7. The molecule has 0 bridgehead atoms. The van der Waals surface area contributed by atoms with Crippen LogP contribution in [0.1, 0.15) is 24.5 Å². The molecule has 17 heavy (non-hydrogen) atoms. The van der Waals surface area contributed by atoms with Crippen LogP contribution in [0.2, 0.25) is 5.02 Å². The lowest BCUT2D eigenvalue weighted by Crippen LogP contribution is -2.20. The summed E-state index contributed by atoms with van der Waals surface area (Å²) in [6.45, 7) is 2.05. The number of halogens is 2. The van der Waals surface area contributed by atoms with Crippen molar-refractivity contribution >= 4 is 29.1 Å². The molecule has 0 atom stereocenters. The average Bonchev–Trinajstić information content (AvgIpc) is 2.30. The highest BCUT2D eigenvalue weighted by Crippen LogP contribution is 2.18. The zero-order chi connectivity index (χ0) is 12.7. The van der Waals surface area contributed by atoms with Gasteiger partial charge < -0.3 is 5.32 Å². The van der Waals surface area contributed by atoms with E-state index in [1.165, 1.54) is 6.92 Å². The van der Waals surface area contributed by atoms with Crippen LogP contribution in [0.3, 0.4) is 0 Å². The third kappa shape index (κ3) is 5.12. The summed E-state index contributed by atoms with van der Waals surface area (Å²) in [5, 5.41) is 3.34. The number of carbonyl (C=O) groups is 1. The largest absolute Gasteiger partial charge is 0.355 e. The molecule has 90 valence electrons. The summed E-state index contributed by atoms with van der Waals surface area (Å²) < 4.78 is 0. The van der Waals surface area contributed by atoms with Gasteiger partial charge >= 0.3 is 0 Å². The summed E-state index contributed by atoms with van der Waals surface area (Å²) in [5.74, 6) is 6.31. The van der Waals surface area contributed by atoms with Crippen LogP contribution in [-0.2, 0) is 10.7 Å². The van der Waals surface area contributed by atoms with E-state index in [4.69, 9.17) is 23.2 Å². The number of benzene rings is 1. The van der Waals surface area contributed by atoms with Crippen molar-refractivity contribution in [3.05, 3.63) is 34.3 Å². The van der Waals surface area contributed by atoms with Crippen molar-refractivity contribution in [2.45, 2.75) is 19.2 Å². The fourth-order valence-corrected chi connectivity index (χ4v) is 1.69. The van der Waals surface area contributed by atoms with Gasteiger partial charge in [0.2, 0.25) is 5.91 Å². The van der Waals surface area contributed by atoms with E-state index in [0.29, 0.717) is 23.9 Å². The second kappa shape index (κ2) is 7.21. The van der Waals surface area contributed by atoms with Crippen LogP contribution in [0.4, 0.5) is 0 Å². The van der Waals surface area contributed by atoms with Gasteiger partial charge in [-0.3, -0.25) is 4.79 Å². The second-order valence-electron chi connectivity index (χ2n) is 3.47. The van der Waals surface area contributed by atoms with E-state index >= 15 is 0 Å². The predicted molar refractivity (Wildman–Crippen MR) is 71.2 cm³/mol. The average molecular weight is 270 g/mol. The molecule has 0 fully saturated rings. The van der Waals surface area contributed by atoms with Crippen LogP contribution in [0.15, 0.2) is 18.2 Å². The summed E-state index contributed by atoms with van der Waals surface area (Å²) in [7, 11) is 0. The molecular formula is C13H13Cl2NO. The topological polar surface area (TPSA) is 29.1 Å². The molecule has 0 aliphatic heterocycles. The first-order valence-electron chi connectivity index (χ1n) is 5.21. The highest BCUT2D eigenvalue weighted by molar-refractivity contribution is 6.32. The highest BCUT2D eigenvalue weighted by atomic mass is 35.5. The Morgan fingerprint density at radius 2 is 2.24 bits per heavy atom. The Balaban J connectivity index is 2.57. The maximum atomic E-state index is 10.6. The normalized spacial score (nSPS) is 9.35. The van der Waals surface area contributed by atoms with E-state index in [0.717, 1.165) is 11.1 Å². The molecule has 0 aliphatic rings. The van der Waals surface area contributed by atoms with Crippen molar-refractivity contribution in [2.24, 2.45) is 0 Å². The lowest BCUT2D eigenvalue weighted by atomic mass is 10.1. The molecule has 1 aromatic rings. The number of nitrogens with one attached hydrogen (secondary N) is 1. The molecule has 2 nitrogen and oxygen atoms in total. The molecule has 1 rings (SSSR count). The Labute approximate surface area is 111 Å². The van der Waals surface area contributed by atoms with Crippen LogP contribution in [-0.4, -0.2) is 12.5 Å². The van der Waals surface area contributed by atoms with Gasteiger partial charge in [0.15, 0.2) is 0 Å². The lowest BCUT2D eigenvalue weighted by Gasteiger charge is -1.99. The highest BCUT2D eigenvalue weighted by Gasteiger charge is 1.98. The molecule has 0 saturated heterocycles. The van der Waals surface area contributed by atoms with Crippen molar-refractivity contribution in [1.29, 1.82) is 0 Å². The molecule has 0 saturated carbocycles. The minimum absolute atomic E-state index is 0.0391. The Morgan fingerprint density at radius 3 is 2.88 bits per heavy atom. The maximum Gasteiger partial charge on any atom is 0.216 e. The van der Waals surface area contributed by atoms with Crippen LogP contribution < -0.4 is 5.32 Å². The summed E-state index contributed by atoms with van der Waals surface area (Å²) in [6, 6.07) is 5.52. The standard InChI is InChI=1S/C13H13Cl2NO/c1-10(17)16-7-3-2-4-11-5-6-13(15)12(8-11)9-14/h5-6,8H,3,7,9H2,1H3,(H,16,17). The quantitative estimate of drug-likeness (QED) is 0.510. The smallest absolute Gasteiger partial charge is 0.216 e. The summed E-state index contributed by atoms with van der Waals surface area (Å²) in [4.78, 5) is 10.6. The Morgan fingerprint density at radius 1 is 1.47 bits per heavy atom. The molecule has 0 aromatic heterocycles. The molecule has 0 heterocycles. The number of carbonyl (C=O) groups excluding carboxylic acids is 1. The number of amides is 1. The molecule has 0 radical (unpaired) electrons. The molecule has 0 spiro atoms. The zero-order valence-electron chi connectivity index (χ0n) is 9.52. The molecular weight excluding hydrogens is 257 g/mol. The first-order chi connectivity index (χ1) is 8.13. The van der Waals surface area contributed by atoms with E-state index in [1.807, 2.05) is 12.1 Å². The van der Waals surface area contributed by atoms with Gasteiger partial charge in [0.05, 0.1) is 0 Å². The molecule has 0 aliphatic carbocycles. The minimum atomic E-state index is -0.0391. The fraction of sp³-hybridized carbons (Fsp3) is 0.308. The SMILES string of the molecule is CC(=O)NCCC#Cc1ccc(Cl)c(CCl)c1. The van der Waals surface area contributed by atoms with E-state index in [2.05, 4.69) is 17.2 Å². The van der Waals surface area contributed by atoms with Gasteiger partial charge in [0, 0.05) is 36.4 Å². The summed E-state index contributed by atoms with van der Waals surface area (Å²) in [5.41, 5.74) is 1.76. The molecule has 1 aromatic carbocycles. The maximum absolute atomic E-state index is 10.6. The first kappa shape index (κ1) is 13.9. The van der Waals surface area contributed by atoms with Crippen molar-refractivity contribution in [1.82, 2.24) is 5.32 Å². The van der Waals surface area contributed by atoms with Crippen molar-refractivity contribution < 1.29 is 4.79 Å². The van der Waals surface area contributed by atoms with Gasteiger partial charge in [0.25, 0.3) is 0 Å². The van der Waals surface area contributed by atoms with Gasteiger partial charge in [-0.25, -0.2) is 0 Å². The van der Waals surface area contributed by atoms with E-state index in [1.54, 1.807) is 6.07 Å². The van der Waals surface area contributed by atoms with Gasteiger partial charge in [-0.1, -0.05) is 23.4 Å². The predicted octanol–water partition coefficient (Wildman–Crippen LogP) is 2.96. The third-order valence-corrected chi connectivity index (χ3v) is 2.70. The fourth-order valence-electron chi connectivity index (χ4n) is 1.22. The first-order valence-corrected chi connectivity index (χ1v) is 6.12. The number of alkyl halides is 1. The van der Waals surface area contributed by atoms with Crippen LogP contribution in [0, 0.1) is 11.8 Å². The molecule has 1 N–H and O–H groups in total. The van der Waals surface area contributed by atoms with Crippen LogP contribution in [0.5, 0.6) is 0 Å². The third-order valence-electron chi connectivity index (χ3n) is 2.05. The Bertz CT molecular complexity index is 460. The zero-order valence-corrected chi connectivity index (χ0v) is 11.0. The van der Waals surface area contributed by atoms with E-state index < -0.39 is 0 Å². The van der Waals surface area contributed by atoms with Crippen molar-refractivity contribution in [3.63, 3.8) is 0 Å². The van der Waals surface area contributed by atoms with Crippen LogP contribution in [0.25, 0.3) is 0 Å². The van der Waals surface area contributed by atoms with Gasteiger partial charge in [-0.15, -0.1) is 11.6 Å². The number of hydrogen-bond donors (Lipinski definition) is 1. The van der Waals surface area contributed by atoms with Gasteiger partial charge in [-0.05, 0) is 23.8 Å². The van der Waals surface area contributed by atoms with Crippen molar-refractivity contribution in [2.75, 3.05) is 6.54 Å². The van der Waals surface area contributed by atoms with Crippen molar-refractivity contribution in [3.8, 4) is 11.8 Å². The van der Waals surface area contributed by atoms with E-state index in [-0.39, 0.29) is 5.91 Å². The Kier molecular flexibility index (Phi) is 5.90. The summed E-state index contributed by atoms with van der Waals surface area (Å²) in [6.07, 6.45) is 0.623. The van der Waals surface area contributed by atoms with Crippen LogP contribution >= 0.6 is 23.2 Å². The van der Waals surface area contributed by atoms with Gasteiger partial charge in [0.1, 0.15) is 0 Å². The monoisotopic (exact) mass is 269 g/mol. The number of hydrogen-bond acceptors (Lipinski definition) is 1. The number of rotatable bonds is 3. The minimum Gasteiger partial charge on any atom is -0.355 e. The van der Waals surface area contributed by atoms with Gasteiger partial charge in [-0.2, -0.15) is 0 Å². The lowest BCUT2D eigenvalue weighted by molar-refractivity contribution is -0.118.